The van der Waals surface area contributed by atoms with E-state index in [4.69, 9.17) is 0 Å². The summed E-state index contributed by atoms with van der Waals surface area (Å²) in [6, 6.07) is 2.02. The van der Waals surface area contributed by atoms with E-state index in [0.717, 1.165) is 26.1 Å². The van der Waals surface area contributed by atoms with E-state index in [0.29, 0.717) is 0 Å². The van der Waals surface area contributed by atoms with Crippen LogP contribution in [0.5, 0.6) is 0 Å². The van der Waals surface area contributed by atoms with Crippen molar-refractivity contribution < 1.29 is 0 Å². The predicted molar refractivity (Wildman–Crippen MR) is 53.7 cm³/mol. The van der Waals surface area contributed by atoms with Gasteiger partial charge in [-0.05, 0) is 20.2 Å². The molecule has 0 saturated carbocycles. The zero-order chi connectivity index (χ0) is 9.52. The van der Waals surface area contributed by atoms with Gasteiger partial charge in [-0.15, -0.1) is 0 Å². The van der Waals surface area contributed by atoms with E-state index in [2.05, 4.69) is 27.5 Å². The molecule has 1 rings (SSSR count). The van der Waals surface area contributed by atoms with Crippen LogP contribution >= 0.6 is 0 Å². The topological polar surface area (TPSA) is 44.0 Å². The van der Waals surface area contributed by atoms with Crippen LogP contribution in [0, 0.1) is 0 Å². The summed E-state index contributed by atoms with van der Waals surface area (Å²) in [5.41, 5.74) is 1.20. The molecule has 0 aliphatic carbocycles. The van der Waals surface area contributed by atoms with E-state index in [1.165, 1.54) is 5.69 Å². The molecule has 0 bridgehead atoms. The van der Waals surface area contributed by atoms with Crippen molar-refractivity contribution in [2.45, 2.75) is 6.42 Å². The monoisotopic (exact) mass is 182 g/mol. The number of aromatic nitrogens is 2. The normalized spacial score (nSPS) is 11.0. The van der Waals surface area contributed by atoms with Crippen LogP contribution in [-0.2, 0) is 6.42 Å². The molecule has 2 N–H and O–H groups in total. The highest BCUT2D eigenvalue weighted by atomic mass is 15.1. The Morgan fingerprint density at radius 1 is 1.54 bits per heavy atom. The Morgan fingerprint density at radius 3 is 3.00 bits per heavy atom. The van der Waals surface area contributed by atoms with Crippen LogP contribution in [0.15, 0.2) is 12.3 Å². The van der Waals surface area contributed by atoms with Crippen molar-refractivity contribution in [1.29, 1.82) is 0 Å². The van der Waals surface area contributed by atoms with Gasteiger partial charge in [0, 0.05) is 37.9 Å². The van der Waals surface area contributed by atoms with Gasteiger partial charge in [0.05, 0.1) is 0 Å². The molecule has 1 aromatic rings. The van der Waals surface area contributed by atoms with Gasteiger partial charge in [-0.25, -0.2) is 0 Å². The smallest absolute Gasteiger partial charge is 0.0490 e. The highest BCUT2D eigenvalue weighted by Gasteiger charge is 1.98. The van der Waals surface area contributed by atoms with Crippen LogP contribution in [0.4, 0.5) is 0 Å². The zero-order valence-corrected chi connectivity index (χ0v) is 8.38. The SMILES string of the molecule is CNCCN(C)CCc1ccn[nH]1. The molecule has 1 aromatic heterocycles. The van der Waals surface area contributed by atoms with Crippen molar-refractivity contribution in [2.75, 3.05) is 33.7 Å². The number of hydrogen-bond donors (Lipinski definition) is 2. The molecule has 0 aliphatic heterocycles. The second-order valence-electron chi connectivity index (χ2n) is 3.24. The number of nitrogens with zero attached hydrogens (tertiary/aromatic N) is 2. The summed E-state index contributed by atoms with van der Waals surface area (Å²) in [6.45, 7) is 3.20. The Morgan fingerprint density at radius 2 is 2.38 bits per heavy atom. The van der Waals surface area contributed by atoms with Gasteiger partial charge in [0.2, 0.25) is 0 Å². The first-order chi connectivity index (χ1) is 6.33. The third kappa shape index (κ3) is 4.05. The first kappa shape index (κ1) is 10.2. The Hall–Kier alpha value is -0.870. The molecule has 0 spiro atoms. The number of nitrogens with one attached hydrogen (secondary N) is 2. The molecule has 1 heterocycles. The van der Waals surface area contributed by atoms with Crippen LogP contribution < -0.4 is 5.32 Å². The summed E-state index contributed by atoms with van der Waals surface area (Å²) >= 11 is 0. The maximum atomic E-state index is 3.91. The molecular weight excluding hydrogens is 164 g/mol. The van der Waals surface area contributed by atoms with E-state index >= 15 is 0 Å². The van der Waals surface area contributed by atoms with Crippen LogP contribution in [0.25, 0.3) is 0 Å². The third-order valence-corrected chi connectivity index (χ3v) is 2.06. The quantitative estimate of drug-likeness (QED) is 0.656. The average Bonchev–Trinajstić information content (AvgIpc) is 2.64. The molecule has 0 aromatic carbocycles. The lowest BCUT2D eigenvalue weighted by Gasteiger charge is -2.15. The molecule has 4 heteroatoms. The molecule has 0 unspecified atom stereocenters. The largest absolute Gasteiger partial charge is 0.318 e. The standard InChI is InChI=1S/C9H18N4/c1-10-6-8-13(2)7-4-9-3-5-11-12-9/h3,5,10H,4,6-8H2,1-2H3,(H,11,12). The lowest BCUT2D eigenvalue weighted by Crippen LogP contribution is -2.29. The van der Waals surface area contributed by atoms with Gasteiger partial charge >= 0.3 is 0 Å². The molecule has 0 fully saturated rings. The second kappa shape index (κ2) is 5.72. The fraction of sp³-hybridized carbons (Fsp3) is 0.667. The second-order valence-corrected chi connectivity index (χ2v) is 3.24. The minimum atomic E-state index is 1.04. The fourth-order valence-corrected chi connectivity index (χ4v) is 1.15. The summed E-state index contributed by atoms with van der Waals surface area (Å²) in [5.74, 6) is 0. The molecule has 0 radical (unpaired) electrons. The van der Waals surface area contributed by atoms with Gasteiger partial charge in [-0.3, -0.25) is 5.10 Å². The average molecular weight is 182 g/mol. The lowest BCUT2D eigenvalue weighted by atomic mass is 10.3. The minimum Gasteiger partial charge on any atom is -0.318 e. The molecule has 0 saturated heterocycles. The summed E-state index contributed by atoms with van der Waals surface area (Å²) < 4.78 is 0. The van der Waals surface area contributed by atoms with E-state index in [1.807, 2.05) is 13.1 Å². The van der Waals surface area contributed by atoms with E-state index < -0.39 is 0 Å². The van der Waals surface area contributed by atoms with Crippen LogP contribution in [0.3, 0.4) is 0 Å². The van der Waals surface area contributed by atoms with Gasteiger partial charge in [0.25, 0.3) is 0 Å². The molecule has 0 atom stereocenters. The van der Waals surface area contributed by atoms with Gasteiger partial charge in [-0.1, -0.05) is 0 Å². The molecular formula is C9H18N4. The van der Waals surface area contributed by atoms with E-state index in [9.17, 15) is 0 Å². The molecule has 0 amide bonds. The highest BCUT2D eigenvalue weighted by molar-refractivity contribution is 4.97. The van der Waals surface area contributed by atoms with E-state index in [-0.39, 0.29) is 0 Å². The summed E-state index contributed by atoms with van der Waals surface area (Å²) in [4.78, 5) is 2.30. The van der Waals surface area contributed by atoms with Crippen molar-refractivity contribution in [3.8, 4) is 0 Å². The molecule has 74 valence electrons. The van der Waals surface area contributed by atoms with Crippen LogP contribution in [-0.4, -0.2) is 48.8 Å². The first-order valence-corrected chi connectivity index (χ1v) is 4.64. The Bertz CT molecular complexity index is 207. The molecule has 4 nitrogen and oxygen atoms in total. The van der Waals surface area contributed by atoms with Gasteiger partial charge in [0.1, 0.15) is 0 Å². The Balaban J connectivity index is 2.11. The zero-order valence-electron chi connectivity index (χ0n) is 8.38. The maximum Gasteiger partial charge on any atom is 0.0490 e. The number of rotatable bonds is 6. The van der Waals surface area contributed by atoms with Crippen LogP contribution in [0.2, 0.25) is 0 Å². The maximum absolute atomic E-state index is 3.91. The number of aromatic amines is 1. The van der Waals surface area contributed by atoms with Crippen molar-refractivity contribution in [2.24, 2.45) is 0 Å². The van der Waals surface area contributed by atoms with Gasteiger partial charge in [-0.2, -0.15) is 5.10 Å². The Kier molecular flexibility index (Phi) is 4.49. The van der Waals surface area contributed by atoms with Crippen molar-refractivity contribution in [1.82, 2.24) is 20.4 Å². The summed E-state index contributed by atoms with van der Waals surface area (Å²) in [7, 11) is 4.11. The van der Waals surface area contributed by atoms with Gasteiger partial charge in [0.15, 0.2) is 0 Å². The van der Waals surface area contributed by atoms with Crippen molar-refractivity contribution in [3.63, 3.8) is 0 Å². The van der Waals surface area contributed by atoms with E-state index in [1.54, 1.807) is 6.20 Å². The predicted octanol–water partition coefficient (Wildman–Crippen LogP) is 0.103. The third-order valence-electron chi connectivity index (χ3n) is 2.06. The van der Waals surface area contributed by atoms with Gasteiger partial charge < -0.3 is 10.2 Å². The molecule has 13 heavy (non-hydrogen) atoms. The number of likely N-dealkylation sites (N-methyl/N-ethyl adjacent to an activating group) is 2. The highest BCUT2D eigenvalue weighted by Crippen LogP contribution is 1.94. The number of H-pyrrole nitrogens is 1. The van der Waals surface area contributed by atoms with Crippen molar-refractivity contribution >= 4 is 0 Å². The first-order valence-electron chi connectivity index (χ1n) is 4.64. The molecule has 0 aliphatic rings. The lowest BCUT2D eigenvalue weighted by molar-refractivity contribution is 0.338. The summed E-state index contributed by atoms with van der Waals surface area (Å²) in [6.07, 6.45) is 2.84. The number of hydrogen-bond acceptors (Lipinski definition) is 3. The fourth-order valence-electron chi connectivity index (χ4n) is 1.15. The Labute approximate surface area is 79.3 Å². The summed E-state index contributed by atoms with van der Waals surface area (Å²) in [5, 5.41) is 9.99. The minimum absolute atomic E-state index is 1.04. The van der Waals surface area contributed by atoms with Crippen LogP contribution in [0.1, 0.15) is 5.69 Å². The van der Waals surface area contributed by atoms with Crippen molar-refractivity contribution in [3.05, 3.63) is 18.0 Å².